The normalized spacial score (nSPS) is 13.2. The maximum absolute atomic E-state index is 11.8. The standard InChI is InChI=1S/C13H27NO2/c1-6-10-12(13(15)16-9-4)14(5)11(7-2)8-3/h11-12H,6-10H2,1-5H3. The van der Waals surface area contributed by atoms with Crippen molar-refractivity contribution in [1.82, 2.24) is 4.90 Å². The van der Waals surface area contributed by atoms with Crippen molar-refractivity contribution in [2.45, 2.75) is 65.5 Å². The van der Waals surface area contributed by atoms with Gasteiger partial charge in [-0.2, -0.15) is 0 Å². The summed E-state index contributed by atoms with van der Waals surface area (Å²) in [5.41, 5.74) is 0. The average molecular weight is 229 g/mol. The van der Waals surface area contributed by atoms with Crippen LogP contribution >= 0.6 is 0 Å². The highest BCUT2D eigenvalue weighted by Crippen LogP contribution is 2.15. The van der Waals surface area contributed by atoms with E-state index in [4.69, 9.17) is 4.74 Å². The third kappa shape index (κ3) is 4.52. The predicted molar refractivity (Wildman–Crippen MR) is 67.5 cm³/mol. The topological polar surface area (TPSA) is 29.5 Å². The van der Waals surface area contributed by atoms with Gasteiger partial charge in [-0.05, 0) is 33.2 Å². The van der Waals surface area contributed by atoms with E-state index in [-0.39, 0.29) is 12.0 Å². The third-order valence-corrected chi connectivity index (χ3v) is 3.13. The molecule has 0 aliphatic heterocycles. The van der Waals surface area contributed by atoms with Crippen LogP contribution in [0.15, 0.2) is 0 Å². The fourth-order valence-electron chi connectivity index (χ4n) is 2.12. The fraction of sp³-hybridized carbons (Fsp3) is 0.923. The number of hydrogen-bond donors (Lipinski definition) is 0. The Balaban J connectivity index is 4.55. The Morgan fingerprint density at radius 1 is 1.19 bits per heavy atom. The van der Waals surface area contributed by atoms with Crippen molar-refractivity contribution in [3.05, 3.63) is 0 Å². The summed E-state index contributed by atoms with van der Waals surface area (Å²) in [6.07, 6.45) is 4.04. The van der Waals surface area contributed by atoms with E-state index < -0.39 is 0 Å². The number of hydrogen-bond acceptors (Lipinski definition) is 3. The molecule has 0 bridgehead atoms. The predicted octanol–water partition coefficient (Wildman–Crippen LogP) is 2.84. The van der Waals surface area contributed by atoms with Crippen LogP contribution < -0.4 is 0 Å². The van der Waals surface area contributed by atoms with Gasteiger partial charge in [-0.1, -0.05) is 27.2 Å². The van der Waals surface area contributed by atoms with Crippen LogP contribution in [0.4, 0.5) is 0 Å². The molecule has 0 N–H and O–H groups in total. The molecule has 0 amide bonds. The van der Waals surface area contributed by atoms with Crippen LogP contribution in [0.3, 0.4) is 0 Å². The van der Waals surface area contributed by atoms with Crippen LogP contribution in [-0.2, 0) is 9.53 Å². The summed E-state index contributed by atoms with van der Waals surface area (Å²) in [5, 5.41) is 0. The zero-order valence-electron chi connectivity index (χ0n) is 11.5. The van der Waals surface area contributed by atoms with E-state index in [0.29, 0.717) is 12.6 Å². The van der Waals surface area contributed by atoms with Crippen molar-refractivity contribution in [2.24, 2.45) is 0 Å². The second-order valence-corrected chi connectivity index (χ2v) is 4.19. The minimum absolute atomic E-state index is 0.0706. The zero-order valence-corrected chi connectivity index (χ0v) is 11.5. The number of nitrogens with zero attached hydrogens (tertiary/aromatic N) is 1. The molecule has 96 valence electrons. The van der Waals surface area contributed by atoms with Crippen molar-refractivity contribution in [1.29, 1.82) is 0 Å². The Hall–Kier alpha value is -0.570. The quantitative estimate of drug-likeness (QED) is 0.599. The lowest BCUT2D eigenvalue weighted by atomic mass is 10.1. The molecule has 0 saturated heterocycles. The van der Waals surface area contributed by atoms with Crippen molar-refractivity contribution in [2.75, 3.05) is 13.7 Å². The molecular weight excluding hydrogens is 202 g/mol. The Morgan fingerprint density at radius 2 is 1.75 bits per heavy atom. The van der Waals surface area contributed by atoms with Gasteiger partial charge in [0.15, 0.2) is 0 Å². The number of esters is 1. The first-order chi connectivity index (χ1) is 7.62. The van der Waals surface area contributed by atoms with Gasteiger partial charge in [-0.15, -0.1) is 0 Å². The Bertz CT molecular complexity index is 190. The monoisotopic (exact) mass is 229 g/mol. The fourth-order valence-corrected chi connectivity index (χ4v) is 2.12. The molecule has 0 spiro atoms. The van der Waals surface area contributed by atoms with Gasteiger partial charge in [-0.3, -0.25) is 9.69 Å². The summed E-state index contributed by atoms with van der Waals surface area (Å²) >= 11 is 0. The van der Waals surface area contributed by atoms with Gasteiger partial charge < -0.3 is 4.74 Å². The van der Waals surface area contributed by atoms with Gasteiger partial charge in [-0.25, -0.2) is 0 Å². The van der Waals surface area contributed by atoms with Crippen molar-refractivity contribution in [3.63, 3.8) is 0 Å². The number of ether oxygens (including phenoxy) is 1. The van der Waals surface area contributed by atoms with E-state index >= 15 is 0 Å². The lowest BCUT2D eigenvalue weighted by molar-refractivity contribution is -0.150. The maximum atomic E-state index is 11.8. The van der Waals surface area contributed by atoms with Gasteiger partial charge in [0.25, 0.3) is 0 Å². The van der Waals surface area contributed by atoms with E-state index in [2.05, 4.69) is 25.7 Å². The minimum atomic E-state index is -0.0742. The number of carbonyl (C=O) groups is 1. The molecule has 0 heterocycles. The van der Waals surface area contributed by atoms with Gasteiger partial charge in [0.05, 0.1) is 6.61 Å². The molecule has 1 atom stereocenters. The first kappa shape index (κ1) is 15.4. The molecule has 0 saturated carbocycles. The van der Waals surface area contributed by atoms with Crippen LogP contribution in [0.25, 0.3) is 0 Å². The molecule has 0 rings (SSSR count). The molecule has 0 radical (unpaired) electrons. The molecule has 3 heteroatoms. The van der Waals surface area contributed by atoms with Crippen molar-refractivity contribution < 1.29 is 9.53 Å². The summed E-state index contributed by atoms with van der Waals surface area (Å²) < 4.78 is 5.14. The number of rotatable bonds is 8. The molecule has 16 heavy (non-hydrogen) atoms. The highest BCUT2D eigenvalue weighted by Gasteiger charge is 2.27. The van der Waals surface area contributed by atoms with Crippen LogP contribution in [0, 0.1) is 0 Å². The van der Waals surface area contributed by atoms with Gasteiger partial charge in [0, 0.05) is 6.04 Å². The summed E-state index contributed by atoms with van der Waals surface area (Å²) in [6, 6.07) is 0.399. The van der Waals surface area contributed by atoms with Crippen molar-refractivity contribution in [3.8, 4) is 0 Å². The molecule has 3 nitrogen and oxygen atoms in total. The minimum Gasteiger partial charge on any atom is -0.465 e. The van der Waals surface area contributed by atoms with E-state index in [1.807, 2.05) is 14.0 Å². The van der Waals surface area contributed by atoms with Crippen LogP contribution in [0.2, 0.25) is 0 Å². The molecule has 1 unspecified atom stereocenters. The van der Waals surface area contributed by atoms with E-state index in [0.717, 1.165) is 25.7 Å². The molecule has 0 aromatic carbocycles. The first-order valence-corrected chi connectivity index (χ1v) is 6.50. The smallest absolute Gasteiger partial charge is 0.323 e. The number of likely N-dealkylation sites (N-methyl/N-ethyl adjacent to an activating group) is 1. The summed E-state index contributed by atoms with van der Waals surface area (Å²) in [5.74, 6) is -0.0706. The lowest BCUT2D eigenvalue weighted by Crippen LogP contribution is -2.45. The van der Waals surface area contributed by atoms with Gasteiger partial charge in [0.2, 0.25) is 0 Å². The van der Waals surface area contributed by atoms with Crippen molar-refractivity contribution >= 4 is 5.97 Å². The maximum Gasteiger partial charge on any atom is 0.323 e. The van der Waals surface area contributed by atoms with E-state index in [1.165, 1.54) is 0 Å². The van der Waals surface area contributed by atoms with Crippen LogP contribution in [-0.4, -0.2) is 36.6 Å². The second kappa shape index (κ2) is 8.57. The lowest BCUT2D eigenvalue weighted by Gasteiger charge is -2.32. The van der Waals surface area contributed by atoms with Gasteiger partial charge >= 0.3 is 5.97 Å². The molecule has 0 aliphatic rings. The molecule has 0 fully saturated rings. The molecule has 0 aromatic heterocycles. The average Bonchev–Trinajstić information content (AvgIpc) is 2.27. The largest absolute Gasteiger partial charge is 0.465 e. The van der Waals surface area contributed by atoms with Gasteiger partial charge in [0.1, 0.15) is 6.04 Å². The Labute approximate surface area is 100 Å². The highest BCUT2D eigenvalue weighted by molar-refractivity contribution is 5.75. The second-order valence-electron chi connectivity index (χ2n) is 4.19. The SMILES string of the molecule is CCCC(C(=O)OCC)N(C)C(CC)CC. The molecular formula is C13H27NO2. The zero-order chi connectivity index (χ0) is 12.6. The van der Waals surface area contributed by atoms with E-state index in [1.54, 1.807) is 0 Å². The summed E-state index contributed by atoms with van der Waals surface area (Å²) in [7, 11) is 2.04. The number of carbonyl (C=O) groups excluding carboxylic acids is 1. The third-order valence-electron chi connectivity index (χ3n) is 3.13. The summed E-state index contributed by atoms with van der Waals surface area (Å²) in [4.78, 5) is 14.0. The van der Waals surface area contributed by atoms with E-state index in [9.17, 15) is 4.79 Å². The molecule has 0 aromatic rings. The molecule has 0 aliphatic carbocycles. The highest BCUT2D eigenvalue weighted by atomic mass is 16.5. The Kier molecular flexibility index (Phi) is 8.26. The summed E-state index contributed by atoms with van der Waals surface area (Å²) in [6.45, 7) is 8.76. The Morgan fingerprint density at radius 3 is 2.12 bits per heavy atom. The first-order valence-electron chi connectivity index (χ1n) is 6.50. The van der Waals surface area contributed by atoms with Crippen LogP contribution in [0.5, 0.6) is 0 Å². The van der Waals surface area contributed by atoms with Crippen LogP contribution in [0.1, 0.15) is 53.4 Å².